The molecule has 1 aliphatic rings. The summed E-state index contributed by atoms with van der Waals surface area (Å²) in [6.45, 7) is 4.22. The van der Waals surface area contributed by atoms with E-state index in [1.165, 1.54) is 27.4 Å². The summed E-state index contributed by atoms with van der Waals surface area (Å²) in [5, 5.41) is 11.7. The van der Waals surface area contributed by atoms with E-state index >= 15 is 0 Å². The number of nitrogens with zero attached hydrogens (tertiary/aromatic N) is 3. The first kappa shape index (κ1) is 22.2. The second-order valence-corrected chi connectivity index (χ2v) is 11.2. The van der Waals surface area contributed by atoms with Crippen molar-refractivity contribution < 1.29 is 13.2 Å². The zero-order chi connectivity index (χ0) is 20.9. The quantitative estimate of drug-likeness (QED) is 0.358. The predicted molar refractivity (Wildman–Crippen MR) is 118 cm³/mol. The van der Waals surface area contributed by atoms with Crippen molar-refractivity contribution in [2.24, 2.45) is 5.92 Å². The molecule has 0 saturated carbocycles. The Morgan fingerprint density at radius 2 is 2.28 bits per heavy atom. The molecule has 3 rings (SSSR count). The normalized spacial score (nSPS) is 17.8. The average molecular weight is 473 g/mol. The summed E-state index contributed by atoms with van der Waals surface area (Å²) < 4.78 is 27.8. The summed E-state index contributed by atoms with van der Waals surface area (Å²) in [6, 6.07) is 6.80. The van der Waals surface area contributed by atoms with Crippen LogP contribution in [0.25, 0.3) is 0 Å². The van der Waals surface area contributed by atoms with Gasteiger partial charge in [0.1, 0.15) is 0 Å². The first-order chi connectivity index (χ1) is 13.9. The van der Waals surface area contributed by atoms with Crippen LogP contribution in [-0.2, 0) is 20.6 Å². The van der Waals surface area contributed by atoms with Crippen LogP contribution in [0.1, 0.15) is 18.4 Å². The van der Waals surface area contributed by atoms with Gasteiger partial charge in [-0.15, -0.1) is 16.8 Å². The monoisotopic (exact) mass is 472 g/mol. The minimum absolute atomic E-state index is 0.137. The lowest BCUT2D eigenvalue weighted by Crippen LogP contribution is -2.44. The van der Waals surface area contributed by atoms with Gasteiger partial charge in [0.15, 0.2) is 4.34 Å². The fourth-order valence-corrected chi connectivity index (χ4v) is 6.32. The van der Waals surface area contributed by atoms with Crippen molar-refractivity contribution in [3.63, 3.8) is 0 Å². The standard InChI is InChI=1S/C18H21ClN4O3S3/c1-2-9-27-18-22-21-17(28-18)20-16(24)14-6-4-8-23(11-14)29(25,26)12-13-5-3-7-15(19)10-13/h2-3,5,7,10,14H,1,4,6,8-9,11-12H2,(H,20,21,24)/t14-/m0/s1. The molecule has 1 amide bonds. The van der Waals surface area contributed by atoms with E-state index in [0.717, 1.165) is 4.34 Å². The van der Waals surface area contributed by atoms with Crippen molar-refractivity contribution in [1.29, 1.82) is 0 Å². The lowest BCUT2D eigenvalue weighted by atomic mass is 9.99. The molecule has 2 heterocycles. The number of hydrogen-bond donors (Lipinski definition) is 1. The van der Waals surface area contributed by atoms with Crippen LogP contribution in [0.5, 0.6) is 0 Å². The maximum absolute atomic E-state index is 12.8. The van der Waals surface area contributed by atoms with Gasteiger partial charge in [0.2, 0.25) is 21.1 Å². The van der Waals surface area contributed by atoms with Gasteiger partial charge in [-0.05, 0) is 30.5 Å². The summed E-state index contributed by atoms with van der Waals surface area (Å²) in [5.41, 5.74) is 0.627. The maximum Gasteiger partial charge on any atom is 0.230 e. The van der Waals surface area contributed by atoms with Gasteiger partial charge in [-0.3, -0.25) is 4.79 Å². The number of piperidine rings is 1. The molecule has 1 aliphatic heterocycles. The first-order valence-corrected chi connectivity index (χ1v) is 12.8. The Morgan fingerprint density at radius 1 is 1.45 bits per heavy atom. The minimum atomic E-state index is -3.54. The van der Waals surface area contributed by atoms with E-state index in [2.05, 4.69) is 22.1 Å². The van der Waals surface area contributed by atoms with Crippen LogP contribution in [0, 0.1) is 5.92 Å². The Kier molecular flexibility index (Phi) is 7.69. The number of carbonyl (C=O) groups excluding carboxylic acids is 1. The number of anilines is 1. The van der Waals surface area contributed by atoms with Gasteiger partial charge in [0.05, 0.1) is 11.7 Å². The second-order valence-electron chi connectivity index (χ2n) is 6.55. The molecule has 0 spiro atoms. The van der Waals surface area contributed by atoms with E-state index in [9.17, 15) is 13.2 Å². The molecule has 29 heavy (non-hydrogen) atoms. The molecular formula is C18H21ClN4O3S3. The number of benzene rings is 1. The largest absolute Gasteiger partial charge is 0.300 e. The highest BCUT2D eigenvalue weighted by Gasteiger charge is 2.32. The summed E-state index contributed by atoms with van der Waals surface area (Å²) in [4.78, 5) is 12.6. The van der Waals surface area contributed by atoms with Crippen LogP contribution in [0.4, 0.5) is 5.13 Å². The molecule has 2 aromatic rings. The molecular weight excluding hydrogens is 452 g/mol. The highest BCUT2D eigenvalue weighted by Crippen LogP contribution is 2.27. The van der Waals surface area contributed by atoms with Gasteiger partial charge in [0, 0.05) is 23.9 Å². The SMILES string of the molecule is C=CCSc1nnc(NC(=O)[C@H]2CCCN(S(=O)(=O)Cc3cccc(Cl)c3)C2)s1. The average Bonchev–Trinajstić information content (AvgIpc) is 3.13. The number of aromatic nitrogens is 2. The van der Waals surface area contributed by atoms with E-state index in [-0.39, 0.29) is 18.2 Å². The Labute approximate surface area is 183 Å². The van der Waals surface area contributed by atoms with Crippen molar-refractivity contribution >= 4 is 55.8 Å². The molecule has 0 radical (unpaired) electrons. The molecule has 0 aliphatic carbocycles. The first-order valence-electron chi connectivity index (χ1n) is 8.97. The van der Waals surface area contributed by atoms with Crippen molar-refractivity contribution in [1.82, 2.24) is 14.5 Å². The third-order valence-corrected chi connectivity index (χ3v) is 8.37. The lowest BCUT2D eigenvalue weighted by Gasteiger charge is -2.31. The number of rotatable bonds is 8. The lowest BCUT2D eigenvalue weighted by molar-refractivity contribution is -0.120. The minimum Gasteiger partial charge on any atom is -0.300 e. The Morgan fingerprint density at radius 3 is 3.03 bits per heavy atom. The number of sulfonamides is 1. The molecule has 156 valence electrons. The van der Waals surface area contributed by atoms with E-state index in [4.69, 9.17) is 11.6 Å². The third kappa shape index (κ3) is 6.26. The van der Waals surface area contributed by atoms with E-state index in [0.29, 0.717) is 40.9 Å². The molecule has 1 saturated heterocycles. The summed E-state index contributed by atoms with van der Waals surface area (Å²) >= 11 is 8.73. The molecule has 0 unspecified atom stereocenters. The zero-order valence-electron chi connectivity index (χ0n) is 15.6. The van der Waals surface area contributed by atoms with Crippen LogP contribution < -0.4 is 5.32 Å². The van der Waals surface area contributed by atoms with Crippen molar-refractivity contribution in [2.75, 3.05) is 24.2 Å². The molecule has 1 aromatic heterocycles. The van der Waals surface area contributed by atoms with Crippen molar-refractivity contribution in [3.05, 3.63) is 47.5 Å². The highest BCUT2D eigenvalue weighted by molar-refractivity contribution is 8.01. The van der Waals surface area contributed by atoms with Crippen LogP contribution >= 0.6 is 34.7 Å². The molecule has 1 aromatic carbocycles. The number of amides is 1. The number of halogens is 1. The highest BCUT2D eigenvalue weighted by atomic mass is 35.5. The third-order valence-electron chi connectivity index (χ3n) is 4.35. The molecule has 11 heteroatoms. The number of hydrogen-bond acceptors (Lipinski definition) is 7. The summed E-state index contributed by atoms with van der Waals surface area (Å²) in [7, 11) is -3.54. The van der Waals surface area contributed by atoms with E-state index in [1.54, 1.807) is 30.3 Å². The maximum atomic E-state index is 12.8. The fourth-order valence-electron chi connectivity index (χ4n) is 2.99. The van der Waals surface area contributed by atoms with Gasteiger partial charge < -0.3 is 5.32 Å². The van der Waals surface area contributed by atoms with E-state index < -0.39 is 15.9 Å². The van der Waals surface area contributed by atoms with Crippen LogP contribution in [0.2, 0.25) is 5.02 Å². The molecule has 1 fully saturated rings. The fraction of sp³-hybridized carbons (Fsp3) is 0.389. The smallest absolute Gasteiger partial charge is 0.230 e. The molecule has 7 nitrogen and oxygen atoms in total. The number of thioether (sulfide) groups is 1. The second kappa shape index (κ2) is 10.0. The van der Waals surface area contributed by atoms with Gasteiger partial charge in [0.25, 0.3) is 0 Å². The van der Waals surface area contributed by atoms with Gasteiger partial charge >= 0.3 is 0 Å². The van der Waals surface area contributed by atoms with E-state index in [1.807, 2.05) is 0 Å². The predicted octanol–water partition coefficient (Wildman–Crippen LogP) is 3.65. The molecule has 1 N–H and O–H groups in total. The Balaban J connectivity index is 1.61. The molecule has 0 bridgehead atoms. The van der Waals surface area contributed by atoms with Crippen LogP contribution in [0.3, 0.4) is 0 Å². The van der Waals surface area contributed by atoms with Gasteiger partial charge in [-0.2, -0.15) is 0 Å². The van der Waals surface area contributed by atoms with Crippen molar-refractivity contribution in [2.45, 2.75) is 22.9 Å². The molecule has 1 atom stereocenters. The van der Waals surface area contributed by atoms with Crippen molar-refractivity contribution in [3.8, 4) is 0 Å². The Bertz CT molecular complexity index is 980. The van der Waals surface area contributed by atoms with Crippen LogP contribution in [0.15, 0.2) is 41.3 Å². The van der Waals surface area contributed by atoms with Crippen LogP contribution in [-0.4, -0.2) is 47.7 Å². The van der Waals surface area contributed by atoms with Gasteiger partial charge in [-0.25, -0.2) is 12.7 Å². The van der Waals surface area contributed by atoms with Gasteiger partial charge in [-0.1, -0.05) is 52.9 Å². The number of carbonyl (C=O) groups is 1. The topological polar surface area (TPSA) is 92.3 Å². The number of nitrogens with one attached hydrogen (secondary N) is 1. The summed E-state index contributed by atoms with van der Waals surface area (Å²) in [5.74, 6) is -0.0811. The Hall–Kier alpha value is -1.46. The summed E-state index contributed by atoms with van der Waals surface area (Å²) in [6.07, 6.45) is 3.03. The zero-order valence-corrected chi connectivity index (χ0v) is 18.8.